The van der Waals surface area contributed by atoms with Gasteiger partial charge >= 0.3 is 0 Å². The van der Waals surface area contributed by atoms with E-state index < -0.39 is 0 Å². The summed E-state index contributed by atoms with van der Waals surface area (Å²) in [6.07, 6.45) is 5.21. The molecule has 5 nitrogen and oxygen atoms in total. The standard InChI is InChI=1S/C12H20N2O3/c13-6-8-2-4-11(17-8)12(15)14-9-5-7-1-3-10(9)16-7/h7-11H,1-6,13H2,(H,14,15)/t7?,8-,9?,10?,11+/m1/s1. The summed E-state index contributed by atoms with van der Waals surface area (Å²) < 4.78 is 11.3. The van der Waals surface area contributed by atoms with Crippen molar-refractivity contribution in [3.63, 3.8) is 0 Å². The lowest BCUT2D eigenvalue weighted by Crippen LogP contribution is -2.46. The Labute approximate surface area is 101 Å². The molecule has 17 heavy (non-hydrogen) atoms. The van der Waals surface area contributed by atoms with Crippen LogP contribution in [0.5, 0.6) is 0 Å². The van der Waals surface area contributed by atoms with Crippen molar-refractivity contribution >= 4 is 5.91 Å². The highest BCUT2D eigenvalue weighted by molar-refractivity contribution is 5.81. The van der Waals surface area contributed by atoms with Gasteiger partial charge in [-0.1, -0.05) is 0 Å². The van der Waals surface area contributed by atoms with E-state index in [1.54, 1.807) is 0 Å². The lowest BCUT2D eigenvalue weighted by Gasteiger charge is -2.22. The highest BCUT2D eigenvalue weighted by Crippen LogP contribution is 2.34. The van der Waals surface area contributed by atoms with Crippen molar-refractivity contribution in [1.82, 2.24) is 5.32 Å². The van der Waals surface area contributed by atoms with Gasteiger partial charge in [0.2, 0.25) is 5.91 Å². The molecule has 5 atom stereocenters. The number of hydrogen-bond donors (Lipinski definition) is 2. The first-order valence-corrected chi connectivity index (χ1v) is 6.57. The van der Waals surface area contributed by atoms with Crippen LogP contribution in [-0.2, 0) is 14.3 Å². The summed E-state index contributed by atoms with van der Waals surface area (Å²) in [6.45, 7) is 0.501. The summed E-state index contributed by atoms with van der Waals surface area (Å²) in [5.41, 5.74) is 5.53. The Morgan fingerprint density at radius 2 is 2.12 bits per heavy atom. The number of carbonyl (C=O) groups excluding carboxylic acids is 1. The molecule has 3 aliphatic rings. The minimum absolute atomic E-state index is 0.0158. The van der Waals surface area contributed by atoms with Crippen LogP contribution in [0.15, 0.2) is 0 Å². The molecule has 3 aliphatic heterocycles. The molecule has 0 radical (unpaired) electrons. The van der Waals surface area contributed by atoms with E-state index in [9.17, 15) is 4.79 Å². The molecule has 3 unspecified atom stereocenters. The van der Waals surface area contributed by atoms with Crippen LogP contribution in [0.3, 0.4) is 0 Å². The van der Waals surface area contributed by atoms with Gasteiger partial charge in [0.15, 0.2) is 0 Å². The number of ether oxygens (including phenoxy) is 2. The van der Waals surface area contributed by atoms with E-state index in [2.05, 4.69) is 5.32 Å². The third kappa shape index (κ3) is 2.19. The topological polar surface area (TPSA) is 73.6 Å². The fourth-order valence-corrected chi connectivity index (χ4v) is 3.14. The van der Waals surface area contributed by atoms with Gasteiger partial charge in [-0.2, -0.15) is 0 Å². The fourth-order valence-electron chi connectivity index (χ4n) is 3.14. The number of amides is 1. The third-order valence-electron chi connectivity index (χ3n) is 4.10. The maximum absolute atomic E-state index is 12.0. The van der Waals surface area contributed by atoms with Crippen LogP contribution in [0.4, 0.5) is 0 Å². The molecule has 0 aromatic carbocycles. The minimum Gasteiger partial charge on any atom is -0.373 e. The zero-order chi connectivity index (χ0) is 11.8. The summed E-state index contributed by atoms with van der Waals surface area (Å²) in [5.74, 6) is 0.0158. The number of fused-ring (bicyclic) bond motifs is 2. The predicted octanol–water partition coefficient (Wildman–Crippen LogP) is -0.0712. The molecule has 96 valence electrons. The minimum atomic E-state index is -0.303. The van der Waals surface area contributed by atoms with Gasteiger partial charge in [-0.25, -0.2) is 0 Å². The molecule has 0 aliphatic carbocycles. The van der Waals surface area contributed by atoms with Crippen molar-refractivity contribution < 1.29 is 14.3 Å². The third-order valence-corrected chi connectivity index (χ3v) is 4.10. The Kier molecular flexibility index (Phi) is 3.06. The average Bonchev–Trinajstić information content (AvgIpc) is 3.04. The van der Waals surface area contributed by atoms with Crippen molar-refractivity contribution in [2.24, 2.45) is 5.73 Å². The Morgan fingerprint density at radius 1 is 1.24 bits per heavy atom. The quantitative estimate of drug-likeness (QED) is 0.724. The molecule has 3 heterocycles. The molecule has 2 bridgehead atoms. The maximum atomic E-state index is 12.0. The van der Waals surface area contributed by atoms with Crippen molar-refractivity contribution in [2.75, 3.05) is 6.54 Å². The molecule has 5 heteroatoms. The second kappa shape index (κ2) is 4.55. The highest BCUT2D eigenvalue weighted by Gasteiger charge is 2.42. The van der Waals surface area contributed by atoms with Crippen LogP contribution < -0.4 is 11.1 Å². The first-order chi connectivity index (χ1) is 8.26. The Morgan fingerprint density at radius 3 is 2.71 bits per heavy atom. The summed E-state index contributed by atoms with van der Waals surface area (Å²) in [4.78, 5) is 12.0. The smallest absolute Gasteiger partial charge is 0.249 e. The van der Waals surface area contributed by atoms with E-state index in [-0.39, 0.29) is 30.3 Å². The number of nitrogens with one attached hydrogen (secondary N) is 1. The Hall–Kier alpha value is -0.650. The van der Waals surface area contributed by atoms with Crippen molar-refractivity contribution in [1.29, 1.82) is 0 Å². The largest absolute Gasteiger partial charge is 0.373 e. The lowest BCUT2D eigenvalue weighted by atomic mass is 9.95. The van der Waals surface area contributed by atoms with Gasteiger partial charge in [-0.05, 0) is 32.1 Å². The van der Waals surface area contributed by atoms with Crippen molar-refractivity contribution in [2.45, 2.75) is 62.6 Å². The predicted molar refractivity (Wildman–Crippen MR) is 61.4 cm³/mol. The summed E-state index contributed by atoms with van der Waals surface area (Å²) in [5, 5.41) is 3.07. The molecule has 3 fully saturated rings. The van der Waals surface area contributed by atoms with Gasteiger partial charge in [0.05, 0.1) is 24.4 Å². The number of nitrogens with two attached hydrogens (primary N) is 1. The first-order valence-electron chi connectivity index (χ1n) is 6.57. The Bertz CT molecular complexity index is 310. The lowest BCUT2D eigenvalue weighted by molar-refractivity contribution is -0.133. The number of carbonyl (C=O) groups is 1. The van der Waals surface area contributed by atoms with Gasteiger partial charge in [0.25, 0.3) is 0 Å². The first kappa shape index (κ1) is 11.4. The molecule has 1 amide bonds. The van der Waals surface area contributed by atoms with E-state index in [1.165, 1.54) is 0 Å². The molecule has 3 N–H and O–H groups in total. The van der Waals surface area contributed by atoms with Gasteiger partial charge in [0.1, 0.15) is 6.10 Å². The van der Waals surface area contributed by atoms with E-state index in [1.807, 2.05) is 0 Å². The van der Waals surface area contributed by atoms with Crippen LogP contribution >= 0.6 is 0 Å². The van der Waals surface area contributed by atoms with Crippen LogP contribution in [-0.4, -0.2) is 42.9 Å². The second-order valence-electron chi connectivity index (χ2n) is 5.28. The number of hydrogen-bond acceptors (Lipinski definition) is 4. The van der Waals surface area contributed by atoms with E-state index in [0.29, 0.717) is 12.6 Å². The molecule has 0 aromatic heterocycles. The summed E-state index contributed by atoms with van der Waals surface area (Å²) in [7, 11) is 0. The summed E-state index contributed by atoms with van der Waals surface area (Å²) in [6, 6.07) is 0.196. The fraction of sp³-hybridized carbons (Fsp3) is 0.917. The van der Waals surface area contributed by atoms with Crippen molar-refractivity contribution in [3.8, 4) is 0 Å². The van der Waals surface area contributed by atoms with Crippen LogP contribution in [0.25, 0.3) is 0 Å². The summed E-state index contributed by atoms with van der Waals surface area (Å²) >= 11 is 0. The molecule has 0 saturated carbocycles. The SMILES string of the molecule is NC[C@H]1CC[C@@H](C(=O)NC2CC3CCC2O3)O1. The van der Waals surface area contributed by atoms with Gasteiger partial charge < -0.3 is 20.5 Å². The van der Waals surface area contributed by atoms with Crippen LogP contribution in [0.2, 0.25) is 0 Å². The van der Waals surface area contributed by atoms with Gasteiger partial charge in [-0.3, -0.25) is 4.79 Å². The van der Waals surface area contributed by atoms with E-state index in [0.717, 1.165) is 32.1 Å². The molecule has 0 spiro atoms. The van der Waals surface area contributed by atoms with Crippen molar-refractivity contribution in [3.05, 3.63) is 0 Å². The zero-order valence-electron chi connectivity index (χ0n) is 9.93. The molecule has 3 rings (SSSR count). The molecule has 0 aromatic rings. The molecular weight excluding hydrogens is 220 g/mol. The Balaban J connectivity index is 1.51. The normalized spacial score (nSPS) is 44.2. The monoisotopic (exact) mass is 240 g/mol. The molecule has 3 saturated heterocycles. The maximum Gasteiger partial charge on any atom is 0.249 e. The van der Waals surface area contributed by atoms with E-state index >= 15 is 0 Å². The van der Waals surface area contributed by atoms with Crippen LogP contribution in [0.1, 0.15) is 32.1 Å². The van der Waals surface area contributed by atoms with E-state index in [4.69, 9.17) is 15.2 Å². The highest BCUT2D eigenvalue weighted by atomic mass is 16.5. The second-order valence-corrected chi connectivity index (χ2v) is 5.28. The van der Waals surface area contributed by atoms with Gasteiger partial charge in [0, 0.05) is 6.54 Å². The van der Waals surface area contributed by atoms with Crippen LogP contribution in [0, 0.1) is 0 Å². The van der Waals surface area contributed by atoms with Gasteiger partial charge in [-0.15, -0.1) is 0 Å². The zero-order valence-corrected chi connectivity index (χ0v) is 9.93. The molecular formula is C12H20N2O3. The average molecular weight is 240 g/mol. The number of rotatable bonds is 3.